The van der Waals surface area contributed by atoms with Gasteiger partial charge < -0.3 is 4.74 Å². The van der Waals surface area contributed by atoms with Crippen molar-refractivity contribution in [3.8, 4) is 0 Å². The van der Waals surface area contributed by atoms with Gasteiger partial charge in [-0.05, 0) is 32.3 Å². The molecule has 0 bridgehead atoms. The first-order valence-electron chi connectivity index (χ1n) is 7.37. The van der Waals surface area contributed by atoms with Crippen molar-refractivity contribution in [2.75, 3.05) is 0 Å². The molecule has 0 amide bonds. The summed E-state index contributed by atoms with van der Waals surface area (Å²) in [6.45, 7) is 3.77. The second-order valence-electron chi connectivity index (χ2n) is 5.55. The predicted molar refractivity (Wildman–Crippen MR) is 81.6 cm³/mol. The van der Waals surface area contributed by atoms with E-state index in [1.807, 2.05) is 37.3 Å². The quantitative estimate of drug-likeness (QED) is 0.814. The Balaban J connectivity index is 1.81. The van der Waals surface area contributed by atoms with Crippen molar-refractivity contribution in [2.45, 2.75) is 39.3 Å². The van der Waals surface area contributed by atoms with Crippen LogP contribution in [0.15, 0.2) is 35.1 Å². The van der Waals surface area contributed by atoms with Gasteiger partial charge in [0, 0.05) is 5.69 Å². The Bertz CT molecular complexity index is 765. The van der Waals surface area contributed by atoms with Crippen LogP contribution in [0, 0.1) is 13.8 Å². The SMILES string of the molecule is Cc1nc(C)c(=O)n2c1CCC2C(=O)OCc1ccccc1. The minimum atomic E-state index is -0.536. The van der Waals surface area contributed by atoms with E-state index in [2.05, 4.69) is 4.98 Å². The summed E-state index contributed by atoms with van der Waals surface area (Å²) in [4.78, 5) is 28.9. The van der Waals surface area contributed by atoms with E-state index in [4.69, 9.17) is 4.74 Å². The Morgan fingerprint density at radius 1 is 1.27 bits per heavy atom. The van der Waals surface area contributed by atoms with Gasteiger partial charge in [0.2, 0.25) is 0 Å². The Hall–Kier alpha value is -2.43. The third-order valence-electron chi connectivity index (χ3n) is 4.03. The standard InChI is InChI=1S/C17H18N2O3/c1-11-14-8-9-15(19(14)16(20)12(2)18-11)17(21)22-10-13-6-4-3-5-7-13/h3-7,15H,8-10H2,1-2H3. The van der Waals surface area contributed by atoms with E-state index >= 15 is 0 Å². The minimum Gasteiger partial charge on any atom is -0.459 e. The fourth-order valence-corrected chi connectivity index (χ4v) is 2.92. The molecular formula is C17H18N2O3. The Kier molecular flexibility index (Phi) is 3.79. The second-order valence-corrected chi connectivity index (χ2v) is 5.55. The lowest BCUT2D eigenvalue weighted by Crippen LogP contribution is -2.31. The molecule has 1 aliphatic rings. The fourth-order valence-electron chi connectivity index (χ4n) is 2.92. The van der Waals surface area contributed by atoms with E-state index in [0.29, 0.717) is 18.5 Å². The smallest absolute Gasteiger partial charge is 0.329 e. The first-order chi connectivity index (χ1) is 10.6. The highest BCUT2D eigenvalue weighted by molar-refractivity contribution is 5.75. The van der Waals surface area contributed by atoms with Gasteiger partial charge in [-0.1, -0.05) is 30.3 Å². The number of nitrogens with zero attached hydrogens (tertiary/aromatic N) is 2. The molecule has 1 aromatic carbocycles. The van der Waals surface area contributed by atoms with E-state index in [-0.39, 0.29) is 18.1 Å². The largest absolute Gasteiger partial charge is 0.459 e. The maximum absolute atomic E-state index is 12.4. The van der Waals surface area contributed by atoms with Gasteiger partial charge >= 0.3 is 5.97 Å². The summed E-state index contributed by atoms with van der Waals surface area (Å²) >= 11 is 0. The van der Waals surface area contributed by atoms with Crippen LogP contribution in [0.1, 0.15) is 35.1 Å². The number of ether oxygens (including phenoxy) is 1. The zero-order valence-electron chi connectivity index (χ0n) is 12.7. The molecule has 0 N–H and O–H groups in total. The fraction of sp³-hybridized carbons (Fsp3) is 0.353. The number of aryl methyl sites for hydroxylation is 2. The van der Waals surface area contributed by atoms with Gasteiger partial charge in [0.25, 0.3) is 5.56 Å². The molecule has 114 valence electrons. The average Bonchev–Trinajstić information content (AvgIpc) is 2.97. The van der Waals surface area contributed by atoms with Gasteiger partial charge in [0.15, 0.2) is 0 Å². The maximum Gasteiger partial charge on any atom is 0.329 e. The van der Waals surface area contributed by atoms with Gasteiger partial charge in [-0.2, -0.15) is 0 Å². The van der Waals surface area contributed by atoms with Crippen molar-refractivity contribution in [1.82, 2.24) is 9.55 Å². The molecule has 22 heavy (non-hydrogen) atoms. The van der Waals surface area contributed by atoms with Gasteiger partial charge in [-0.25, -0.2) is 4.79 Å². The summed E-state index contributed by atoms with van der Waals surface area (Å²) in [7, 11) is 0. The van der Waals surface area contributed by atoms with E-state index in [1.165, 1.54) is 0 Å². The molecule has 0 saturated heterocycles. The number of hydrogen-bond donors (Lipinski definition) is 0. The number of hydrogen-bond acceptors (Lipinski definition) is 4. The van der Waals surface area contributed by atoms with Gasteiger partial charge in [-0.15, -0.1) is 0 Å². The summed E-state index contributed by atoms with van der Waals surface area (Å²) in [5.41, 5.74) is 2.82. The third kappa shape index (κ3) is 2.54. The van der Waals surface area contributed by atoms with Gasteiger partial charge in [0.05, 0.1) is 5.69 Å². The van der Waals surface area contributed by atoms with Crippen LogP contribution < -0.4 is 5.56 Å². The van der Waals surface area contributed by atoms with Crippen LogP contribution in [0.25, 0.3) is 0 Å². The Morgan fingerprint density at radius 3 is 2.73 bits per heavy atom. The van der Waals surface area contributed by atoms with E-state index < -0.39 is 6.04 Å². The Labute approximate surface area is 128 Å². The van der Waals surface area contributed by atoms with Crippen LogP contribution in [-0.4, -0.2) is 15.5 Å². The number of fused-ring (bicyclic) bond motifs is 1. The first kappa shape index (κ1) is 14.5. The third-order valence-corrected chi connectivity index (χ3v) is 4.03. The van der Waals surface area contributed by atoms with Crippen molar-refractivity contribution in [3.05, 3.63) is 63.3 Å². The molecule has 0 radical (unpaired) electrons. The van der Waals surface area contributed by atoms with Crippen LogP contribution >= 0.6 is 0 Å². The van der Waals surface area contributed by atoms with Crippen LogP contribution in [0.5, 0.6) is 0 Å². The molecule has 2 heterocycles. The lowest BCUT2D eigenvalue weighted by atomic mass is 10.2. The highest BCUT2D eigenvalue weighted by Crippen LogP contribution is 2.26. The maximum atomic E-state index is 12.4. The summed E-state index contributed by atoms with van der Waals surface area (Å²) in [6, 6.07) is 8.98. The van der Waals surface area contributed by atoms with Gasteiger partial charge in [-0.3, -0.25) is 14.3 Å². The highest BCUT2D eigenvalue weighted by Gasteiger charge is 2.32. The van der Waals surface area contributed by atoms with E-state index in [9.17, 15) is 9.59 Å². The van der Waals surface area contributed by atoms with Crippen LogP contribution in [0.2, 0.25) is 0 Å². The molecule has 5 heteroatoms. The molecule has 1 unspecified atom stereocenters. The molecule has 1 aliphatic heterocycles. The molecule has 0 saturated carbocycles. The summed E-state index contributed by atoms with van der Waals surface area (Å²) in [5, 5.41) is 0. The molecule has 3 rings (SSSR count). The number of carbonyl (C=O) groups is 1. The molecule has 1 atom stereocenters. The number of carbonyl (C=O) groups excluding carboxylic acids is 1. The van der Waals surface area contributed by atoms with Crippen molar-refractivity contribution in [2.24, 2.45) is 0 Å². The summed E-state index contributed by atoms with van der Waals surface area (Å²) < 4.78 is 6.95. The summed E-state index contributed by atoms with van der Waals surface area (Å²) in [6.07, 6.45) is 1.27. The molecule has 2 aromatic rings. The van der Waals surface area contributed by atoms with Crippen LogP contribution in [0.3, 0.4) is 0 Å². The van der Waals surface area contributed by atoms with Crippen LogP contribution in [0.4, 0.5) is 0 Å². The van der Waals surface area contributed by atoms with Crippen molar-refractivity contribution in [1.29, 1.82) is 0 Å². The number of rotatable bonds is 3. The minimum absolute atomic E-state index is 0.195. The second kappa shape index (κ2) is 5.75. The summed E-state index contributed by atoms with van der Waals surface area (Å²) in [5.74, 6) is -0.352. The molecule has 1 aromatic heterocycles. The molecular weight excluding hydrogens is 280 g/mol. The highest BCUT2D eigenvalue weighted by atomic mass is 16.5. The monoisotopic (exact) mass is 298 g/mol. The number of aromatic nitrogens is 2. The Morgan fingerprint density at radius 2 is 2.00 bits per heavy atom. The molecule has 0 fully saturated rings. The molecule has 0 spiro atoms. The number of esters is 1. The molecule has 0 aliphatic carbocycles. The normalized spacial score (nSPS) is 16.4. The van der Waals surface area contributed by atoms with Crippen molar-refractivity contribution >= 4 is 5.97 Å². The zero-order chi connectivity index (χ0) is 15.7. The first-order valence-corrected chi connectivity index (χ1v) is 7.37. The van der Waals surface area contributed by atoms with E-state index in [1.54, 1.807) is 11.5 Å². The van der Waals surface area contributed by atoms with Crippen molar-refractivity contribution in [3.63, 3.8) is 0 Å². The lowest BCUT2D eigenvalue weighted by Gasteiger charge is -2.15. The van der Waals surface area contributed by atoms with Crippen molar-refractivity contribution < 1.29 is 9.53 Å². The zero-order valence-corrected chi connectivity index (χ0v) is 12.7. The number of benzene rings is 1. The molecule has 5 nitrogen and oxygen atoms in total. The predicted octanol–water partition coefficient (Wildman–Crippen LogP) is 2.09. The van der Waals surface area contributed by atoms with Gasteiger partial charge in [0.1, 0.15) is 18.3 Å². The topological polar surface area (TPSA) is 61.2 Å². The van der Waals surface area contributed by atoms with E-state index in [0.717, 1.165) is 17.0 Å². The average molecular weight is 298 g/mol. The van der Waals surface area contributed by atoms with Crippen LogP contribution in [-0.2, 0) is 22.6 Å². The lowest BCUT2D eigenvalue weighted by molar-refractivity contribution is -0.148.